The molecule has 0 fully saturated rings. The van der Waals surface area contributed by atoms with Crippen LogP contribution >= 0.6 is 0 Å². The van der Waals surface area contributed by atoms with Crippen LogP contribution in [-0.2, 0) is 0 Å². The fraction of sp³-hybridized carbons (Fsp3) is 0. The van der Waals surface area contributed by atoms with Gasteiger partial charge in [0.1, 0.15) is 0 Å². The van der Waals surface area contributed by atoms with E-state index in [1.165, 1.54) is 18.2 Å². The van der Waals surface area contributed by atoms with E-state index in [9.17, 15) is 4.79 Å². The van der Waals surface area contributed by atoms with E-state index in [2.05, 4.69) is 5.92 Å². The maximum absolute atomic E-state index is 10.9. The lowest BCUT2D eigenvalue weighted by Crippen LogP contribution is -1.94. The molecule has 1 rings (SSSR count). The van der Waals surface area contributed by atoms with Crippen molar-refractivity contribution in [2.24, 2.45) is 0 Å². The van der Waals surface area contributed by atoms with Crippen molar-refractivity contribution in [1.82, 2.24) is 0 Å². The number of terminal acetylenes is 1. The maximum Gasteiger partial charge on any atom is 0.221 e. The van der Waals surface area contributed by atoms with Crippen LogP contribution in [0.2, 0.25) is 0 Å². The van der Waals surface area contributed by atoms with Crippen LogP contribution in [0.3, 0.4) is 0 Å². The van der Waals surface area contributed by atoms with E-state index in [1.807, 2.05) is 0 Å². The molecule has 0 spiro atoms. The minimum absolute atomic E-state index is 0.222. The summed E-state index contributed by atoms with van der Waals surface area (Å²) in [6, 6.07) is 5.91. The van der Waals surface area contributed by atoms with Gasteiger partial charge in [-0.2, -0.15) is 0 Å². The summed E-state index contributed by atoms with van der Waals surface area (Å²) in [6.45, 7) is 0. The fourth-order valence-electron chi connectivity index (χ4n) is 0.702. The molecule has 0 bridgehead atoms. The third-order valence-electron chi connectivity index (χ3n) is 1.27. The highest BCUT2D eigenvalue weighted by Crippen LogP contribution is 2.06. The molecular weight excluding hydrogens is 140 g/mol. The predicted octanol–water partition coefficient (Wildman–Crippen LogP) is 0.734. The van der Waals surface area contributed by atoms with E-state index < -0.39 is 5.43 Å². The summed E-state index contributed by atoms with van der Waals surface area (Å²) in [5.74, 6) is 1.84. The second-order valence-corrected chi connectivity index (χ2v) is 1.99. The Morgan fingerprint density at radius 3 is 2.64 bits per heavy atom. The Morgan fingerprint density at radius 1 is 1.36 bits per heavy atom. The van der Waals surface area contributed by atoms with E-state index in [-0.39, 0.29) is 11.3 Å². The molecular formula is C9H6O2. The fourth-order valence-corrected chi connectivity index (χ4v) is 0.702. The van der Waals surface area contributed by atoms with Crippen molar-refractivity contribution in [3.8, 4) is 18.1 Å². The normalized spacial score (nSPS) is 8.64. The number of rotatable bonds is 0. The first-order valence-electron chi connectivity index (χ1n) is 3.04. The van der Waals surface area contributed by atoms with Crippen molar-refractivity contribution < 1.29 is 5.11 Å². The van der Waals surface area contributed by atoms with Gasteiger partial charge in [-0.15, -0.1) is 6.42 Å². The first-order chi connectivity index (χ1) is 5.25. The van der Waals surface area contributed by atoms with Crippen molar-refractivity contribution in [3.63, 3.8) is 0 Å². The second-order valence-electron chi connectivity index (χ2n) is 1.99. The molecule has 0 aliphatic rings. The van der Waals surface area contributed by atoms with Crippen LogP contribution in [0.25, 0.3) is 0 Å². The molecule has 2 nitrogen and oxygen atoms in total. The second kappa shape index (κ2) is 2.89. The zero-order chi connectivity index (χ0) is 8.27. The van der Waals surface area contributed by atoms with Crippen molar-refractivity contribution >= 4 is 0 Å². The van der Waals surface area contributed by atoms with Gasteiger partial charge in [-0.3, -0.25) is 4.79 Å². The van der Waals surface area contributed by atoms with Gasteiger partial charge in [-0.05, 0) is 12.1 Å². The van der Waals surface area contributed by atoms with Gasteiger partial charge < -0.3 is 5.11 Å². The number of hydrogen-bond acceptors (Lipinski definition) is 2. The molecule has 1 N–H and O–H groups in total. The highest BCUT2D eigenvalue weighted by molar-refractivity contribution is 5.42. The molecule has 0 saturated heterocycles. The van der Waals surface area contributed by atoms with E-state index in [1.54, 1.807) is 6.07 Å². The van der Waals surface area contributed by atoms with Gasteiger partial charge in [0.25, 0.3) is 0 Å². The molecule has 0 aliphatic heterocycles. The predicted molar refractivity (Wildman–Crippen MR) is 42.3 cm³/mol. The Kier molecular flexibility index (Phi) is 1.93. The lowest BCUT2D eigenvalue weighted by atomic mass is 10.3. The van der Waals surface area contributed by atoms with Crippen molar-refractivity contribution in [2.45, 2.75) is 0 Å². The molecule has 0 saturated carbocycles. The quantitative estimate of drug-likeness (QED) is 0.548. The molecule has 54 valence electrons. The zero-order valence-electron chi connectivity index (χ0n) is 5.74. The maximum atomic E-state index is 10.9. The lowest BCUT2D eigenvalue weighted by molar-refractivity contribution is 0.469. The number of aromatic hydroxyl groups is 1. The van der Waals surface area contributed by atoms with Gasteiger partial charge in [0.15, 0.2) is 5.75 Å². The zero-order valence-corrected chi connectivity index (χ0v) is 5.74. The number of hydrogen-bond donors (Lipinski definition) is 1. The molecule has 0 unspecified atom stereocenters. The summed E-state index contributed by atoms with van der Waals surface area (Å²) in [6.07, 6.45) is 5.03. The third kappa shape index (κ3) is 1.39. The van der Waals surface area contributed by atoms with Gasteiger partial charge in [0.05, 0.1) is 5.56 Å². The van der Waals surface area contributed by atoms with Gasteiger partial charge in [-0.25, -0.2) is 0 Å². The standard InChI is InChI=1S/C9H6O2/c1-2-7-5-3-4-6-8(10)9(7)11/h1,3-6H,(H,10,11). The van der Waals surface area contributed by atoms with Crippen LogP contribution in [0.5, 0.6) is 5.75 Å². The van der Waals surface area contributed by atoms with Crippen LogP contribution in [0.1, 0.15) is 5.56 Å². The molecule has 0 radical (unpaired) electrons. The van der Waals surface area contributed by atoms with Gasteiger partial charge >= 0.3 is 0 Å². The molecule has 1 aromatic carbocycles. The highest BCUT2D eigenvalue weighted by atomic mass is 16.3. The summed E-state index contributed by atoms with van der Waals surface area (Å²) in [4.78, 5) is 10.9. The van der Waals surface area contributed by atoms with E-state index in [0.29, 0.717) is 0 Å². The summed E-state index contributed by atoms with van der Waals surface area (Å²) in [5, 5.41) is 9.10. The lowest BCUT2D eigenvalue weighted by Gasteiger charge is -1.85. The smallest absolute Gasteiger partial charge is 0.221 e. The van der Waals surface area contributed by atoms with Crippen LogP contribution in [0.4, 0.5) is 0 Å². The molecule has 0 atom stereocenters. The summed E-state index contributed by atoms with van der Waals surface area (Å²) in [5.41, 5.74) is -0.233. The Labute approximate surface area is 64.1 Å². The summed E-state index contributed by atoms with van der Waals surface area (Å²) >= 11 is 0. The largest absolute Gasteiger partial charge is 0.503 e. The van der Waals surface area contributed by atoms with E-state index in [0.717, 1.165) is 0 Å². The molecule has 0 amide bonds. The van der Waals surface area contributed by atoms with Gasteiger partial charge in [0, 0.05) is 0 Å². The van der Waals surface area contributed by atoms with Crippen LogP contribution in [-0.4, -0.2) is 5.11 Å². The topological polar surface area (TPSA) is 37.3 Å². The van der Waals surface area contributed by atoms with Crippen molar-refractivity contribution in [1.29, 1.82) is 0 Å². The van der Waals surface area contributed by atoms with Gasteiger partial charge in [0.2, 0.25) is 5.43 Å². The van der Waals surface area contributed by atoms with Crippen LogP contribution < -0.4 is 5.43 Å². The molecule has 0 heterocycles. The van der Waals surface area contributed by atoms with Crippen molar-refractivity contribution in [3.05, 3.63) is 40.1 Å². The first kappa shape index (κ1) is 7.36. The Bertz CT molecular complexity index is 361. The van der Waals surface area contributed by atoms with Crippen molar-refractivity contribution in [2.75, 3.05) is 0 Å². The average Bonchev–Trinajstić information content (AvgIpc) is 2.16. The molecule has 0 aliphatic carbocycles. The van der Waals surface area contributed by atoms with Crippen LogP contribution in [0.15, 0.2) is 29.1 Å². The molecule has 0 aromatic heterocycles. The van der Waals surface area contributed by atoms with E-state index in [4.69, 9.17) is 11.5 Å². The SMILES string of the molecule is C#Cc1ccccc(=O)c1O. The summed E-state index contributed by atoms with van der Waals surface area (Å²) in [7, 11) is 0. The molecule has 11 heavy (non-hydrogen) atoms. The Balaban J connectivity index is 3.58. The van der Waals surface area contributed by atoms with Crippen LogP contribution in [0, 0.1) is 12.3 Å². The van der Waals surface area contributed by atoms with Gasteiger partial charge in [-0.1, -0.05) is 18.1 Å². The molecule has 1 aromatic rings. The minimum Gasteiger partial charge on any atom is -0.503 e. The third-order valence-corrected chi connectivity index (χ3v) is 1.27. The first-order valence-corrected chi connectivity index (χ1v) is 3.04. The Hall–Kier alpha value is -1.75. The average molecular weight is 146 g/mol. The Morgan fingerprint density at radius 2 is 2.00 bits per heavy atom. The highest BCUT2D eigenvalue weighted by Gasteiger charge is 1.97. The monoisotopic (exact) mass is 146 g/mol. The minimum atomic E-state index is -0.456. The molecule has 2 heteroatoms. The summed E-state index contributed by atoms with van der Waals surface area (Å²) < 4.78 is 0. The van der Waals surface area contributed by atoms with E-state index >= 15 is 0 Å².